The van der Waals surface area contributed by atoms with E-state index in [1.807, 2.05) is 0 Å². The first kappa shape index (κ1) is 14.0. The number of nitrogens with zero attached hydrogens (tertiary/aromatic N) is 1. The third-order valence-corrected chi connectivity index (χ3v) is 3.48. The Morgan fingerprint density at radius 3 is 2.65 bits per heavy atom. The van der Waals surface area contributed by atoms with E-state index in [2.05, 4.69) is 15.6 Å². The van der Waals surface area contributed by atoms with Crippen molar-refractivity contribution in [3.63, 3.8) is 0 Å². The molecule has 0 aliphatic rings. The van der Waals surface area contributed by atoms with Crippen LogP contribution in [0.1, 0.15) is 26.4 Å². The zero-order valence-electron chi connectivity index (χ0n) is 11.1. The summed E-state index contributed by atoms with van der Waals surface area (Å²) in [5.41, 5.74) is 7.54. The molecule has 0 aliphatic heterocycles. The molecule has 20 heavy (non-hydrogen) atoms. The summed E-state index contributed by atoms with van der Waals surface area (Å²) in [6.07, 6.45) is 0. The van der Waals surface area contributed by atoms with Crippen LogP contribution in [0.5, 0.6) is 0 Å². The number of hydrogen-bond donors (Lipinski definition) is 3. The van der Waals surface area contributed by atoms with Gasteiger partial charge in [0.2, 0.25) is 0 Å². The molecule has 1 aromatic heterocycles. The number of hydrogen-bond acceptors (Lipinski definition) is 5. The second-order valence-electron chi connectivity index (χ2n) is 4.08. The Balaban J connectivity index is 2.26. The van der Waals surface area contributed by atoms with Crippen molar-refractivity contribution in [2.24, 2.45) is 0 Å². The average Bonchev–Trinajstić information content (AvgIpc) is 2.87. The van der Waals surface area contributed by atoms with Gasteiger partial charge in [0.1, 0.15) is 5.69 Å². The summed E-state index contributed by atoms with van der Waals surface area (Å²) >= 11 is 1.20. The van der Waals surface area contributed by atoms with Gasteiger partial charge in [0.05, 0.1) is 0 Å². The molecule has 4 N–H and O–H groups in total. The molecule has 1 heterocycles. The van der Waals surface area contributed by atoms with Crippen molar-refractivity contribution in [3.05, 3.63) is 40.4 Å². The van der Waals surface area contributed by atoms with Crippen LogP contribution in [0.2, 0.25) is 0 Å². The topological polar surface area (TPSA) is 97.1 Å². The summed E-state index contributed by atoms with van der Waals surface area (Å²) < 4.78 is 0. The molecule has 0 spiro atoms. The van der Waals surface area contributed by atoms with Crippen molar-refractivity contribution in [1.29, 1.82) is 0 Å². The van der Waals surface area contributed by atoms with Crippen LogP contribution in [0.3, 0.4) is 0 Å². The lowest BCUT2D eigenvalue weighted by molar-refractivity contribution is 0.0960. The SMILES string of the molecule is CNC(=O)c1cccc(NC(=O)c2csc(N)n2)c1C. The standard InChI is InChI=1S/C13H14N4O2S/c1-7-8(11(18)15-2)4-3-5-9(7)16-12(19)10-6-20-13(14)17-10/h3-6H,1-2H3,(H2,14,17)(H,15,18)(H,16,19). The van der Waals surface area contributed by atoms with Crippen LogP contribution in [-0.4, -0.2) is 23.8 Å². The first-order chi connectivity index (χ1) is 9.52. The molecule has 7 heteroatoms. The highest BCUT2D eigenvalue weighted by molar-refractivity contribution is 7.13. The number of thiazole rings is 1. The summed E-state index contributed by atoms with van der Waals surface area (Å²) in [6, 6.07) is 5.14. The molecule has 0 saturated carbocycles. The van der Waals surface area contributed by atoms with Crippen LogP contribution in [0, 0.1) is 6.92 Å². The zero-order valence-corrected chi connectivity index (χ0v) is 11.9. The molecule has 2 amide bonds. The average molecular weight is 290 g/mol. The second-order valence-corrected chi connectivity index (χ2v) is 4.97. The predicted octanol–water partition coefficient (Wildman–Crippen LogP) is 1.65. The van der Waals surface area contributed by atoms with Crippen molar-refractivity contribution in [1.82, 2.24) is 10.3 Å². The highest BCUT2D eigenvalue weighted by Crippen LogP contribution is 2.20. The molecular formula is C13H14N4O2S. The fourth-order valence-corrected chi connectivity index (χ4v) is 2.27. The first-order valence-corrected chi connectivity index (χ1v) is 6.75. The minimum Gasteiger partial charge on any atom is -0.375 e. The molecule has 2 aromatic rings. The van der Waals surface area contributed by atoms with E-state index in [1.54, 1.807) is 37.6 Å². The van der Waals surface area contributed by atoms with Crippen LogP contribution in [-0.2, 0) is 0 Å². The Kier molecular flexibility index (Phi) is 3.99. The lowest BCUT2D eigenvalue weighted by Gasteiger charge is -2.10. The quantitative estimate of drug-likeness (QED) is 0.800. The highest BCUT2D eigenvalue weighted by Gasteiger charge is 2.14. The molecule has 104 valence electrons. The van der Waals surface area contributed by atoms with Crippen LogP contribution in [0.4, 0.5) is 10.8 Å². The lowest BCUT2D eigenvalue weighted by atomic mass is 10.1. The van der Waals surface area contributed by atoms with Gasteiger partial charge in [-0.05, 0) is 24.6 Å². The maximum absolute atomic E-state index is 12.0. The molecule has 0 radical (unpaired) electrons. The van der Waals surface area contributed by atoms with E-state index in [9.17, 15) is 9.59 Å². The third-order valence-electron chi connectivity index (χ3n) is 2.81. The molecule has 0 bridgehead atoms. The van der Waals surface area contributed by atoms with Gasteiger partial charge in [0.25, 0.3) is 11.8 Å². The molecule has 0 saturated heterocycles. The summed E-state index contributed by atoms with van der Waals surface area (Å²) in [5, 5.41) is 7.21. The minimum atomic E-state index is -0.352. The van der Waals surface area contributed by atoms with Crippen LogP contribution in [0.25, 0.3) is 0 Å². The fourth-order valence-electron chi connectivity index (χ4n) is 1.73. The number of carbonyl (C=O) groups excluding carboxylic acids is 2. The molecule has 0 aliphatic carbocycles. The number of nitrogens with two attached hydrogens (primary N) is 1. The monoisotopic (exact) mass is 290 g/mol. The smallest absolute Gasteiger partial charge is 0.275 e. The maximum atomic E-state index is 12.0. The van der Waals surface area contributed by atoms with Gasteiger partial charge >= 0.3 is 0 Å². The third kappa shape index (κ3) is 2.77. The second kappa shape index (κ2) is 5.70. The minimum absolute atomic E-state index is 0.198. The Morgan fingerprint density at radius 1 is 1.30 bits per heavy atom. The van der Waals surface area contributed by atoms with Gasteiger partial charge in [0, 0.05) is 23.7 Å². The van der Waals surface area contributed by atoms with Crippen molar-refractivity contribution in [2.45, 2.75) is 6.92 Å². The molecule has 2 rings (SSSR count). The number of nitrogen functional groups attached to an aromatic ring is 1. The molecule has 0 fully saturated rings. The van der Waals surface area contributed by atoms with Gasteiger partial charge < -0.3 is 16.4 Å². The van der Waals surface area contributed by atoms with Gasteiger partial charge in [-0.15, -0.1) is 11.3 Å². The number of benzene rings is 1. The summed E-state index contributed by atoms with van der Waals surface area (Å²) in [7, 11) is 1.56. The van der Waals surface area contributed by atoms with Crippen LogP contribution >= 0.6 is 11.3 Å². The van der Waals surface area contributed by atoms with Gasteiger partial charge in [-0.25, -0.2) is 4.98 Å². The number of anilines is 2. The summed E-state index contributed by atoms with van der Waals surface area (Å²) in [6.45, 7) is 1.77. The Hall–Kier alpha value is -2.41. The number of carbonyl (C=O) groups is 2. The zero-order chi connectivity index (χ0) is 14.7. The van der Waals surface area contributed by atoms with E-state index in [1.165, 1.54) is 11.3 Å². The van der Waals surface area contributed by atoms with E-state index in [4.69, 9.17) is 5.73 Å². The maximum Gasteiger partial charge on any atom is 0.275 e. The largest absolute Gasteiger partial charge is 0.375 e. The Labute approximate surface area is 120 Å². The number of amides is 2. The van der Waals surface area contributed by atoms with Crippen LogP contribution in [0.15, 0.2) is 23.6 Å². The van der Waals surface area contributed by atoms with Gasteiger partial charge in [-0.3, -0.25) is 9.59 Å². The fraction of sp³-hybridized carbons (Fsp3) is 0.154. The van der Waals surface area contributed by atoms with E-state index in [-0.39, 0.29) is 17.5 Å². The van der Waals surface area contributed by atoms with Gasteiger partial charge in [-0.2, -0.15) is 0 Å². The molecule has 1 aromatic carbocycles. The number of aromatic nitrogens is 1. The van der Waals surface area contributed by atoms with Crippen molar-refractivity contribution >= 4 is 34.0 Å². The first-order valence-electron chi connectivity index (χ1n) is 5.87. The summed E-state index contributed by atoms with van der Waals surface area (Å²) in [5.74, 6) is -0.549. The summed E-state index contributed by atoms with van der Waals surface area (Å²) in [4.78, 5) is 27.6. The van der Waals surface area contributed by atoms with E-state index in [0.29, 0.717) is 21.9 Å². The van der Waals surface area contributed by atoms with Crippen molar-refractivity contribution in [2.75, 3.05) is 18.1 Å². The highest BCUT2D eigenvalue weighted by atomic mass is 32.1. The Bertz CT molecular complexity index is 666. The molecule has 0 unspecified atom stereocenters. The lowest BCUT2D eigenvalue weighted by Crippen LogP contribution is -2.20. The Morgan fingerprint density at radius 2 is 2.05 bits per heavy atom. The molecular weight excluding hydrogens is 276 g/mol. The van der Waals surface area contributed by atoms with Crippen molar-refractivity contribution < 1.29 is 9.59 Å². The van der Waals surface area contributed by atoms with E-state index >= 15 is 0 Å². The number of rotatable bonds is 3. The molecule has 6 nitrogen and oxygen atoms in total. The number of nitrogens with one attached hydrogen (secondary N) is 2. The van der Waals surface area contributed by atoms with Gasteiger partial charge in [0.15, 0.2) is 5.13 Å². The van der Waals surface area contributed by atoms with Crippen molar-refractivity contribution in [3.8, 4) is 0 Å². The van der Waals surface area contributed by atoms with E-state index < -0.39 is 0 Å². The molecule has 0 atom stereocenters. The van der Waals surface area contributed by atoms with E-state index in [0.717, 1.165) is 0 Å². The van der Waals surface area contributed by atoms with Crippen LogP contribution < -0.4 is 16.4 Å². The van der Waals surface area contributed by atoms with Gasteiger partial charge in [-0.1, -0.05) is 6.07 Å². The predicted molar refractivity (Wildman–Crippen MR) is 79.0 cm³/mol. The normalized spacial score (nSPS) is 10.1.